The lowest BCUT2D eigenvalue weighted by atomic mass is 10.2. The fraction of sp³-hybridized carbons (Fsp3) is 0.500. The smallest absolute Gasteiger partial charge is 0.328 e. The van der Waals surface area contributed by atoms with Gasteiger partial charge in [-0.25, -0.2) is 4.98 Å². The third kappa shape index (κ3) is 2.55. The summed E-state index contributed by atoms with van der Waals surface area (Å²) in [7, 11) is 0. The molecule has 5 nitrogen and oxygen atoms in total. The van der Waals surface area contributed by atoms with Crippen LogP contribution in [0.15, 0.2) is 4.79 Å². The summed E-state index contributed by atoms with van der Waals surface area (Å²) < 4.78 is 39.3. The zero-order chi connectivity index (χ0) is 14.4. The molecule has 0 aromatic carbocycles. The molecule has 0 saturated carbocycles. The lowest BCUT2D eigenvalue weighted by molar-refractivity contribution is -0.144. The van der Waals surface area contributed by atoms with E-state index in [0.29, 0.717) is 6.54 Å². The van der Waals surface area contributed by atoms with Crippen molar-refractivity contribution in [2.75, 3.05) is 0 Å². The number of hydrogen-bond acceptors (Lipinski definition) is 3. The number of nitrogens with zero attached hydrogens (tertiary/aromatic N) is 2. The number of nitrogens with one attached hydrogen (secondary N) is 2. The Morgan fingerprint density at radius 1 is 1.37 bits per heavy atom. The highest BCUT2D eigenvalue weighted by Gasteiger charge is 2.35. The van der Waals surface area contributed by atoms with E-state index in [2.05, 4.69) is 9.97 Å². The fourth-order valence-corrected chi connectivity index (χ4v) is 1.96. The Morgan fingerprint density at radius 2 is 2.00 bits per heavy atom. The van der Waals surface area contributed by atoms with E-state index in [1.807, 2.05) is 18.8 Å². The van der Waals surface area contributed by atoms with Gasteiger partial charge in [0.1, 0.15) is 5.52 Å². The Hall–Kier alpha value is -1.64. The quantitative estimate of drug-likeness (QED) is 0.836. The lowest BCUT2D eigenvalue weighted by Gasteiger charge is -2.09. The third-order valence-corrected chi connectivity index (χ3v) is 2.77. The van der Waals surface area contributed by atoms with Crippen molar-refractivity contribution in [3.8, 4) is 0 Å². The first-order valence-electron chi connectivity index (χ1n) is 5.50. The first-order valence-corrected chi connectivity index (χ1v) is 5.91. The SMILES string of the molecule is CC(C)Cn1c(=S)[nH]c(=O)c2[nH]c(C(F)(F)F)nc21. The van der Waals surface area contributed by atoms with E-state index in [-0.39, 0.29) is 21.9 Å². The van der Waals surface area contributed by atoms with E-state index in [0.717, 1.165) is 0 Å². The zero-order valence-corrected chi connectivity index (χ0v) is 10.9. The molecule has 0 unspecified atom stereocenters. The van der Waals surface area contributed by atoms with Crippen molar-refractivity contribution in [1.82, 2.24) is 19.5 Å². The molecular weight excluding hydrogens is 281 g/mol. The van der Waals surface area contributed by atoms with Gasteiger partial charge in [-0.15, -0.1) is 0 Å². The highest BCUT2D eigenvalue weighted by atomic mass is 32.1. The van der Waals surface area contributed by atoms with Crippen LogP contribution < -0.4 is 5.56 Å². The average Bonchev–Trinajstić information content (AvgIpc) is 2.68. The Bertz CT molecular complexity index is 725. The molecule has 0 aliphatic rings. The summed E-state index contributed by atoms with van der Waals surface area (Å²) in [5.74, 6) is -1.06. The van der Waals surface area contributed by atoms with Gasteiger partial charge in [0.25, 0.3) is 5.56 Å². The largest absolute Gasteiger partial charge is 0.449 e. The van der Waals surface area contributed by atoms with Gasteiger partial charge in [-0.05, 0) is 18.1 Å². The monoisotopic (exact) mass is 292 g/mol. The first kappa shape index (κ1) is 13.8. The first-order chi connectivity index (χ1) is 8.70. The Balaban J connectivity index is 2.78. The summed E-state index contributed by atoms with van der Waals surface area (Å²) in [6.45, 7) is 4.14. The minimum Gasteiger partial charge on any atom is -0.328 e. The van der Waals surface area contributed by atoms with Crippen LogP contribution in [0, 0.1) is 10.7 Å². The summed E-state index contributed by atoms with van der Waals surface area (Å²) in [4.78, 5) is 19.4. The van der Waals surface area contributed by atoms with Crippen molar-refractivity contribution in [3.05, 3.63) is 20.9 Å². The molecule has 0 saturated heterocycles. The van der Waals surface area contributed by atoms with Gasteiger partial charge in [0.05, 0.1) is 0 Å². The highest BCUT2D eigenvalue weighted by molar-refractivity contribution is 7.71. The number of fused-ring (bicyclic) bond motifs is 1. The molecule has 0 fully saturated rings. The van der Waals surface area contributed by atoms with Gasteiger partial charge in [-0.1, -0.05) is 13.8 Å². The second-order valence-corrected chi connectivity index (χ2v) is 4.93. The topological polar surface area (TPSA) is 66.5 Å². The molecule has 0 amide bonds. The summed E-state index contributed by atoms with van der Waals surface area (Å²) in [6, 6.07) is 0. The molecule has 19 heavy (non-hydrogen) atoms. The molecule has 0 atom stereocenters. The Morgan fingerprint density at radius 3 is 2.53 bits per heavy atom. The van der Waals surface area contributed by atoms with Gasteiger partial charge in [0.2, 0.25) is 5.82 Å². The third-order valence-electron chi connectivity index (χ3n) is 2.45. The van der Waals surface area contributed by atoms with Gasteiger partial charge in [-0.2, -0.15) is 13.2 Å². The molecular formula is C10H11F3N4OS. The summed E-state index contributed by atoms with van der Waals surface area (Å²) in [5.41, 5.74) is -1.00. The van der Waals surface area contributed by atoms with E-state index in [1.54, 1.807) is 0 Å². The molecule has 2 aromatic heterocycles. The standard InChI is InChI=1S/C10H11F3N4OS/c1-4(2)3-17-6-5(7(18)16-9(17)19)14-8(15-6)10(11,12)13/h4H,3H2,1-2H3,(H,14,15)(H,16,18,19). The van der Waals surface area contributed by atoms with E-state index in [9.17, 15) is 18.0 Å². The predicted molar refractivity (Wildman–Crippen MR) is 65.4 cm³/mol. The molecule has 2 rings (SSSR count). The fourth-order valence-electron chi connectivity index (χ4n) is 1.71. The van der Waals surface area contributed by atoms with Crippen molar-refractivity contribution in [2.24, 2.45) is 5.92 Å². The summed E-state index contributed by atoms with van der Waals surface area (Å²) in [6.07, 6.45) is -4.64. The van der Waals surface area contributed by atoms with E-state index < -0.39 is 17.6 Å². The lowest BCUT2D eigenvalue weighted by Crippen LogP contribution is -2.16. The second kappa shape index (κ2) is 4.48. The Kier molecular flexibility index (Phi) is 3.25. The number of rotatable bonds is 2. The minimum atomic E-state index is -4.64. The van der Waals surface area contributed by atoms with Crippen LogP contribution in [0.5, 0.6) is 0 Å². The van der Waals surface area contributed by atoms with Crippen LogP contribution in [0.4, 0.5) is 13.2 Å². The van der Waals surface area contributed by atoms with Crippen molar-refractivity contribution in [1.29, 1.82) is 0 Å². The molecule has 2 aromatic rings. The van der Waals surface area contributed by atoms with Gasteiger partial charge >= 0.3 is 6.18 Å². The maximum Gasteiger partial charge on any atom is 0.449 e. The molecule has 2 N–H and O–H groups in total. The van der Waals surface area contributed by atoms with Gasteiger partial charge in [0, 0.05) is 6.54 Å². The molecule has 0 radical (unpaired) electrons. The van der Waals surface area contributed by atoms with Crippen molar-refractivity contribution >= 4 is 23.4 Å². The van der Waals surface area contributed by atoms with Gasteiger partial charge in [-0.3, -0.25) is 9.78 Å². The maximum absolute atomic E-state index is 12.6. The van der Waals surface area contributed by atoms with E-state index in [4.69, 9.17) is 12.2 Å². The number of halogens is 3. The summed E-state index contributed by atoms with van der Waals surface area (Å²) in [5, 5.41) is 0. The number of hydrogen-bond donors (Lipinski definition) is 2. The van der Waals surface area contributed by atoms with Crippen molar-refractivity contribution < 1.29 is 13.2 Å². The van der Waals surface area contributed by atoms with Crippen LogP contribution in [0.2, 0.25) is 0 Å². The minimum absolute atomic E-state index is 0.0615. The van der Waals surface area contributed by atoms with Crippen molar-refractivity contribution in [3.63, 3.8) is 0 Å². The number of aromatic nitrogens is 4. The van der Waals surface area contributed by atoms with E-state index in [1.165, 1.54) is 4.57 Å². The van der Waals surface area contributed by atoms with Crippen LogP contribution in [-0.2, 0) is 12.7 Å². The average molecular weight is 292 g/mol. The normalized spacial score (nSPS) is 12.5. The number of alkyl halides is 3. The Labute approximate surface area is 110 Å². The number of aromatic amines is 2. The van der Waals surface area contributed by atoms with Crippen LogP contribution >= 0.6 is 12.2 Å². The van der Waals surface area contributed by atoms with E-state index >= 15 is 0 Å². The second-order valence-electron chi connectivity index (χ2n) is 4.55. The number of imidazole rings is 1. The molecule has 9 heteroatoms. The van der Waals surface area contributed by atoms with Crippen molar-refractivity contribution in [2.45, 2.75) is 26.6 Å². The zero-order valence-electron chi connectivity index (χ0n) is 10.1. The van der Waals surface area contributed by atoms with Gasteiger partial charge in [0.15, 0.2) is 10.4 Å². The molecule has 0 spiro atoms. The molecule has 0 aliphatic carbocycles. The molecule has 2 heterocycles. The number of H-pyrrole nitrogens is 2. The van der Waals surface area contributed by atoms with Gasteiger partial charge < -0.3 is 9.55 Å². The molecule has 0 aliphatic heterocycles. The van der Waals surface area contributed by atoms with Crippen LogP contribution in [0.3, 0.4) is 0 Å². The maximum atomic E-state index is 12.6. The van der Waals surface area contributed by atoms with Crippen LogP contribution in [0.1, 0.15) is 19.7 Å². The predicted octanol–water partition coefficient (Wildman–Crippen LogP) is 2.46. The molecule has 0 bridgehead atoms. The molecule has 104 valence electrons. The summed E-state index contributed by atoms with van der Waals surface area (Å²) >= 11 is 4.96. The highest BCUT2D eigenvalue weighted by Crippen LogP contribution is 2.27. The van der Waals surface area contributed by atoms with Crippen LogP contribution in [-0.4, -0.2) is 19.5 Å². The van der Waals surface area contributed by atoms with Crippen LogP contribution in [0.25, 0.3) is 11.2 Å².